The van der Waals surface area contributed by atoms with Crippen molar-refractivity contribution in [2.45, 2.75) is 19.4 Å². The van der Waals surface area contributed by atoms with Crippen molar-refractivity contribution in [1.82, 2.24) is 20.2 Å². The minimum absolute atomic E-state index is 0.00636. The van der Waals surface area contributed by atoms with Crippen LogP contribution in [0.4, 0.5) is 0 Å². The first-order valence-corrected chi connectivity index (χ1v) is 10.2. The van der Waals surface area contributed by atoms with Crippen molar-refractivity contribution in [3.8, 4) is 11.1 Å². The molecule has 5 nitrogen and oxygen atoms in total. The minimum Gasteiger partial charge on any atom is -0.352 e. The largest absolute Gasteiger partial charge is 0.352 e. The highest BCUT2D eigenvalue weighted by Crippen LogP contribution is 2.20. The van der Waals surface area contributed by atoms with Gasteiger partial charge < -0.3 is 5.32 Å². The molecule has 1 N–H and O–H groups in total. The van der Waals surface area contributed by atoms with Gasteiger partial charge in [0.25, 0.3) is 5.91 Å². The Morgan fingerprint density at radius 2 is 1.69 bits per heavy atom. The molecule has 1 atom stereocenters. The lowest BCUT2D eigenvalue weighted by Crippen LogP contribution is -2.40. The molecule has 0 radical (unpaired) electrons. The van der Waals surface area contributed by atoms with Gasteiger partial charge in [-0.2, -0.15) is 0 Å². The molecule has 1 aromatic heterocycles. The van der Waals surface area contributed by atoms with Crippen LogP contribution in [-0.4, -0.2) is 40.4 Å². The molecule has 0 saturated carbocycles. The van der Waals surface area contributed by atoms with Crippen molar-refractivity contribution >= 4 is 5.91 Å². The lowest BCUT2D eigenvalue weighted by molar-refractivity contribution is 0.0930. The van der Waals surface area contributed by atoms with E-state index in [2.05, 4.69) is 32.3 Å². The zero-order valence-electron chi connectivity index (χ0n) is 16.5. The van der Waals surface area contributed by atoms with E-state index >= 15 is 0 Å². The Balaban J connectivity index is 1.29. The monoisotopic (exact) mass is 386 g/mol. The van der Waals surface area contributed by atoms with Crippen LogP contribution in [0.3, 0.4) is 0 Å². The number of aromatic nitrogens is 2. The molecule has 1 aliphatic heterocycles. The normalized spacial score (nSPS) is 17.0. The summed E-state index contributed by atoms with van der Waals surface area (Å²) >= 11 is 0. The van der Waals surface area contributed by atoms with E-state index in [0.717, 1.165) is 49.4 Å². The zero-order valence-corrected chi connectivity index (χ0v) is 16.5. The maximum Gasteiger partial charge on any atom is 0.251 e. The number of benzene rings is 2. The number of hydrogen-bond donors (Lipinski definition) is 1. The zero-order chi connectivity index (χ0) is 19.9. The summed E-state index contributed by atoms with van der Waals surface area (Å²) in [5.74, 6) is 1.31. The number of amides is 1. The first-order chi connectivity index (χ1) is 14.3. The molecular formula is C24H26N4O. The average molecular weight is 386 g/mol. The molecule has 0 unspecified atom stereocenters. The van der Waals surface area contributed by atoms with Crippen LogP contribution in [0.2, 0.25) is 0 Å². The van der Waals surface area contributed by atoms with Crippen LogP contribution in [-0.2, 0) is 6.54 Å². The summed E-state index contributed by atoms with van der Waals surface area (Å²) in [6.07, 6.45) is 5.85. The van der Waals surface area contributed by atoms with Gasteiger partial charge in [0.1, 0.15) is 5.82 Å². The van der Waals surface area contributed by atoms with E-state index in [9.17, 15) is 4.79 Å². The van der Waals surface area contributed by atoms with E-state index in [-0.39, 0.29) is 5.91 Å². The highest BCUT2D eigenvalue weighted by Gasteiger charge is 2.21. The maximum atomic E-state index is 12.6. The summed E-state index contributed by atoms with van der Waals surface area (Å²) in [5, 5.41) is 3.12. The summed E-state index contributed by atoms with van der Waals surface area (Å²) in [6, 6.07) is 19.8. The predicted octanol–water partition coefficient (Wildman–Crippen LogP) is 3.79. The second-order valence-electron chi connectivity index (χ2n) is 7.56. The molecule has 2 heterocycles. The number of nitrogens with one attached hydrogen (secondary N) is 1. The fourth-order valence-electron chi connectivity index (χ4n) is 3.86. The molecule has 3 aromatic rings. The molecule has 4 rings (SSSR count). The third-order valence-corrected chi connectivity index (χ3v) is 5.39. The number of rotatable bonds is 6. The van der Waals surface area contributed by atoms with Gasteiger partial charge >= 0.3 is 0 Å². The molecular weight excluding hydrogens is 360 g/mol. The van der Waals surface area contributed by atoms with Crippen molar-refractivity contribution in [2.24, 2.45) is 5.92 Å². The summed E-state index contributed by atoms with van der Waals surface area (Å²) in [4.78, 5) is 23.6. The highest BCUT2D eigenvalue weighted by molar-refractivity contribution is 5.94. The van der Waals surface area contributed by atoms with Gasteiger partial charge in [0, 0.05) is 31.0 Å². The van der Waals surface area contributed by atoms with E-state index in [4.69, 9.17) is 0 Å². The maximum absolute atomic E-state index is 12.6. The molecule has 1 amide bonds. The third kappa shape index (κ3) is 5.27. The summed E-state index contributed by atoms with van der Waals surface area (Å²) < 4.78 is 0. The summed E-state index contributed by atoms with van der Waals surface area (Å²) in [5.41, 5.74) is 2.98. The number of likely N-dealkylation sites (tertiary alicyclic amines) is 1. The molecule has 1 fully saturated rings. The van der Waals surface area contributed by atoms with Crippen LogP contribution in [0, 0.1) is 5.92 Å². The second-order valence-corrected chi connectivity index (χ2v) is 7.56. The molecule has 1 aliphatic rings. The van der Waals surface area contributed by atoms with Gasteiger partial charge in [-0.25, -0.2) is 9.97 Å². The van der Waals surface area contributed by atoms with Crippen molar-refractivity contribution in [2.75, 3.05) is 19.6 Å². The molecule has 5 heteroatoms. The molecule has 29 heavy (non-hydrogen) atoms. The van der Waals surface area contributed by atoms with Gasteiger partial charge in [0.2, 0.25) is 0 Å². The number of piperidine rings is 1. The van der Waals surface area contributed by atoms with Gasteiger partial charge in [-0.05, 0) is 54.6 Å². The van der Waals surface area contributed by atoms with Crippen molar-refractivity contribution in [3.05, 3.63) is 84.4 Å². The molecule has 2 aromatic carbocycles. The van der Waals surface area contributed by atoms with Gasteiger partial charge in [0.15, 0.2) is 0 Å². The van der Waals surface area contributed by atoms with Crippen LogP contribution >= 0.6 is 0 Å². The Hall–Kier alpha value is -3.05. The van der Waals surface area contributed by atoms with E-state index in [1.807, 2.05) is 48.5 Å². The fourth-order valence-corrected chi connectivity index (χ4v) is 3.86. The standard InChI is InChI=1S/C24H26N4O/c29-24(22-11-9-21(10-12-22)20-7-2-1-3-8-20)27-16-19-6-4-15-28(17-19)18-23-25-13-5-14-26-23/h1-3,5,7-14,19H,4,6,15-18H2,(H,27,29)/t19-/m0/s1. The molecule has 1 saturated heterocycles. The average Bonchev–Trinajstić information content (AvgIpc) is 2.79. The Bertz CT molecular complexity index is 913. The Kier molecular flexibility index (Phi) is 6.27. The van der Waals surface area contributed by atoms with E-state index in [1.165, 1.54) is 0 Å². The van der Waals surface area contributed by atoms with Gasteiger partial charge in [-0.3, -0.25) is 9.69 Å². The first-order valence-electron chi connectivity index (χ1n) is 10.2. The predicted molar refractivity (Wildman–Crippen MR) is 114 cm³/mol. The lowest BCUT2D eigenvalue weighted by atomic mass is 9.97. The lowest BCUT2D eigenvalue weighted by Gasteiger charge is -2.32. The van der Waals surface area contributed by atoms with E-state index < -0.39 is 0 Å². The molecule has 0 spiro atoms. The highest BCUT2D eigenvalue weighted by atomic mass is 16.1. The van der Waals surface area contributed by atoms with Crippen LogP contribution in [0.25, 0.3) is 11.1 Å². The van der Waals surface area contributed by atoms with Crippen LogP contribution in [0.15, 0.2) is 73.1 Å². The number of hydrogen-bond acceptors (Lipinski definition) is 4. The summed E-state index contributed by atoms with van der Waals surface area (Å²) in [7, 11) is 0. The smallest absolute Gasteiger partial charge is 0.251 e. The van der Waals surface area contributed by atoms with Crippen LogP contribution < -0.4 is 5.32 Å². The van der Waals surface area contributed by atoms with E-state index in [0.29, 0.717) is 18.0 Å². The Labute approximate surface area is 171 Å². The second kappa shape index (κ2) is 9.43. The van der Waals surface area contributed by atoms with Gasteiger partial charge in [-0.1, -0.05) is 42.5 Å². The van der Waals surface area contributed by atoms with Crippen molar-refractivity contribution in [1.29, 1.82) is 0 Å². The fraction of sp³-hybridized carbons (Fsp3) is 0.292. The topological polar surface area (TPSA) is 58.1 Å². The molecule has 0 aliphatic carbocycles. The van der Waals surface area contributed by atoms with Gasteiger partial charge in [-0.15, -0.1) is 0 Å². The molecule has 0 bridgehead atoms. The Morgan fingerprint density at radius 1 is 0.966 bits per heavy atom. The first kappa shape index (κ1) is 19.3. The third-order valence-electron chi connectivity index (χ3n) is 5.39. The number of carbonyl (C=O) groups excluding carboxylic acids is 1. The minimum atomic E-state index is -0.00636. The Morgan fingerprint density at radius 3 is 2.45 bits per heavy atom. The SMILES string of the molecule is O=C(NC[C@@H]1CCCN(Cc2ncccn2)C1)c1ccc(-c2ccccc2)cc1. The number of nitrogens with zero attached hydrogens (tertiary/aromatic N) is 3. The van der Waals surface area contributed by atoms with Crippen LogP contribution in [0.1, 0.15) is 29.0 Å². The quantitative estimate of drug-likeness (QED) is 0.700. The van der Waals surface area contributed by atoms with E-state index in [1.54, 1.807) is 12.4 Å². The van der Waals surface area contributed by atoms with Crippen LogP contribution in [0.5, 0.6) is 0 Å². The van der Waals surface area contributed by atoms with Crippen molar-refractivity contribution < 1.29 is 4.79 Å². The summed E-state index contributed by atoms with van der Waals surface area (Å²) in [6.45, 7) is 3.49. The number of carbonyl (C=O) groups is 1. The van der Waals surface area contributed by atoms with Gasteiger partial charge in [0.05, 0.1) is 6.54 Å². The molecule has 148 valence electrons. The van der Waals surface area contributed by atoms with Crippen molar-refractivity contribution in [3.63, 3.8) is 0 Å².